The number of carbonyl (C=O) groups excluding carboxylic acids is 2. The van der Waals surface area contributed by atoms with Gasteiger partial charge < -0.3 is 9.69 Å². The van der Waals surface area contributed by atoms with Gasteiger partial charge in [0.05, 0.1) is 11.5 Å². The number of amides is 1. The number of alkyl halides is 1. The highest BCUT2D eigenvalue weighted by molar-refractivity contribution is 6.35. The molecular weight excluding hydrogens is 370 g/mol. The van der Waals surface area contributed by atoms with Gasteiger partial charge in [0.2, 0.25) is 5.91 Å². The van der Waals surface area contributed by atoms with Crippen molar-refractivity contribution in [1.29, 1.82) is 0 Å². The Hall–Kier alpha value is -2.39. The summed E-state index contributed by atoms with van der Waals surface area (Å²) in [6.07, 6.45) is 3.01. The van der Waals surface area contributed by atoms with Crippen LogP contribution in [-0.4, -0.2) is 35.1 Å². The lowest BCUT2D eigenvalue weighted by molar-refractivity contribution is -0.147. The van der Waals surface area contributed by atoms with Crippen molar-refractivity contribution in [1.82, 2.24) is 4.90 Å². The fourth-order valence-electron chi connectivity index (χ4n) is 4.88. The van der Waals surface area contributed by atoms with Crippen LogP contribution >= 0.6 is 11.6 Å². The van der Waals surface area contributed by atoms with Crippen LogP contribution in [0.4, 0.5) is 0 Å². The molecule has 1 aliphatic rings. The van der Waals surface area contributed by atoms with Gasteiger partial charge in [-0.3, -0.25) is 4.79 Å². The predicted octanol–water partition coefficient (Wildman–Crippen LogP) is 4.92. The molecule has 0 aromatic heterocycles. The SMILES string of the molecule is C/C(=C\c1ccccc1)[C@H]1N(C)C(=O)[C@](C)(Cl)[C@H](c2ccccc2)[C@@]1(C)C=O. The maximum absolute atomic E-state index is 13.3. The Morgan fingerprint density at radius 2 is 1.57 bits per heavy atom. The highest BCUT2D eigenvalue weighted by Gasteiger charge is 2.60. The van der Waals surface area contributed by atoms with Gasteiger partial charge in [0.25, 0.3) is 0 Å². The molecule has 4 atom stereocenters. The molecule has 0 radical (unpaired) electrons. The van der Waals surface area contributed by atoms with Gasteiger partial charge in [-0.25, -0.2) is 0 Å². The Morgan fingerprint density at radius 1 is 1.04 bits per heavy atom. The molecule has 0 unspecified atom stereocenters. The first-order valence-corrected chi connectivity index (χ1v) is 9.82. The average molecular weight is 396 g/mol. The number of benzene rings is 2. The van der Waals surface area contributed by atoms with E-state index >= 15 is 0 Å². The molecule has 3 rings (SSSR count). The van der Waals surface area contributed by atoms with Crippen LogP contribution in [0.1, 0.15) is 37.8 Å². The van der Waals surface area contributed by atoms with Gasteiger partial charge in [0.1, 0.15) is 11.2 Å². The van der Waals surface area contributed by atoms with Gasteiger partial charge in [0, 0.05) is 13.0 Å². The van der Waals surface area contributed by atoms with Crippen molar-refractivity contribution in [3.8, 4) is 0 Å². The average Bonchev–Trinajstić information content (AvgIpc) is 2.68. The standard InChI is InChI=1S/C24H26ClNO2/c1-17(15-18-11-7-5-8-12-18)21-23(2,16-27)20(19-13-9-6-10-14-19)24(3,25)22(28)26(21)4/h5-16,20-21H,1-4H3/b17-15+/t20-,21-,23-,24-/m1/s1. The van der Waals surface area contributed by atoms with E-state index in [0.29, 0.717) is 0 Å². The first kappa shape index (κ1) is 20.3. The van der Waals surface area contributed by atoms with E-state index in [1.807, 2.05) is 80.6 Å². The van der Waals surface area contributed by atoms with Gasteiger partial charge in [-0.1, -0.05) is 66.7 Å². The van der Waals surface area contributed by atoms with Crippen LogP contribution in [-0.2, 0) is 9.59 Å². The van der Waals surface area contributed by atoms with Gasteiger partial charge in [0.15, 0.2) is 0 Å². The number of likely N-dealkylation sites (N-methyl/N-ethyl adjacent to an activating group) is 1. The molecular formula is C24H26ClNO2. The van der Waals surface area contributed by atoms with E-state index in [2.05, 4.69) is 0 Å². The minimum Gasteiger partial charge on any atom is -0.336 e. The van der Waals surface area contributed by atoms with Crippen molar-refractivity contribution in [2.75, 3.05) is 7.05 Å². The Balaban J connectivity index is 2.18. The van der Waals surface area contributed by atoms with Crippen LogP contribution in [0, 0.1) is 5.41 Å². The smallest absolute Gasteiger partial charge is 0.244 e. The van der Waals surface area contributed by atoms with E-state index in [-0.39, 0.29) is 5.91 Å². The molecule has 0 saturated carbocycles. The third-order valence-electron chi connectivity index (χ3n) is 5.89. The van der Waals surface area contributed by atoms with E-state index in [0.717, 1.165) is 23.0 Å². The number of aldehydes is 1. The van der Waals surface area contributed by atoms with Gasteiger partial charge in [-0.2, -0.15) is 0 Å². The number of hydrogen-bond acceptors (Lipinski definition) is 2. The summed E-state index contributed by atoms with van der Waals surface area (Å²) in [4.78, 5) is 26.2. The fraction of sp³-hybridized carbons (Fsp3) is 0.333. The van der Waals surface area contributed by atoms with Crippen LogP contribution in [0.2, 0.25) is 0 Å². The number of halogens is 1. The van der Waals surface area contributed by atoms with Crippen LogP contribution < -0.4 is 0 Å². The minimum atomic E-state index is -1.21. The van der Waals surface area contributed by atoms with Crippen LogP contribution in [0.25, 0.3) is 6.08 Å². The van der Waals surface area contributed by atoms with E-state index < -0.39 is 22.2 Å². The summed E-state index contributed by atoms with van der Waals surface area (Å²) in [6, 6.07) is 19.2. The molecule has 2 aromatic rings. The molecule has 2 aromatic carbocycles. The van der Waals surface area contributed by atoms with E-state index in [1.54, 1.807) is 18.9 Å². The quantitative estimate of drug-likeness (QED) is 0.544. The molecule has 3 nitrogen and oxygen atoms in total. The second-order valence-electron chi connectivity index (χ2n) is 8.02. The summed E-state index contributed by atoms with van der Waals surface area (Å²) in [5.41, 5.74) is 2.00. The monoisotopic (exact) mass is 395 g/mol. The van der Waals surface area contributed by atoms with E-state index in [9.17, 15) is 9.59 Å². The van der Waals surface area contributed by atoms with Gasteiger partial charge >= 0.3 is 0 Å². The fourth-order valence-corrected chi connectivity index (χ4v) is 5.38. The molecule has 1 fully saturated rings. The minimum absolute atomic E-state index is 0.173. The Labute approximate surface area is 172 Å². The summed E-state index contributed by atoms with van der Waals surface area (Å²) in [7, 11) is 1.74. The van der Waals surface area contributed by atoms with Gasteiger partial charge in [-0.15, -0.1) is 11.6 Å². The first-order valence-electron chi connectivity index (χ1n) is 9.44. The molecule has 146 valence electrons. The second kappa shape index (κ2) is 7.56. The van der Waals surface area contributed by atoms with Crippen molar-refractivity contribution in [3.63, 3.8) is 0 Å². The number of nitrogens with zero attached hydrogens (tertiary/aromatic N) is 1. The molecule has 0 spiro atoms. The molecule has 0 N–H and O–H groups in total. The van der Waals surface area contributed by atoms with Crippen molar-refractivity contribution >= 4 is 29.9 Å². The summed E-state index contributed by atoms with van der Waals surface area (Å²) >= 11 is 6.84. The highest BCUT2D eigenvalue weighted by Crippen LogP contribution is 2.54. The van der Waals surface area contributed by atoms with Crippen molar-refractivity contribution < 1.29 is 9.59 Å². The van der Waals surface area contributed by atoms with Crippen LogP contribution in [0.15, 0.2) is 66.2 Å². The number of likely N-dealkylation sites (tertiary alicyclic amines) is 1. The van der Waals surface area contributed by atoms with Crippen molar-refractivity contribution in [2.45, 2.75) is 37.6 Å². The molecule has 0 bridgehead atoms. The first-order chi connectivity index (χ1) is 13.2. The Kier molecular flexibility index (Phi) is 5.49. The third kappa shape index (κ3) is 3.29. The Morgan fingerprint density at radius 3 is 2.11 bits per heavy atom. The molecule has 4 heteroatoms. The third-order valence-corrected chi connectivity index (χ3v) is 6.27. The lowest BCUT2D eigenvalue weighted by Gasteiger charge is -2.54. The lowest BCUT2D eigenvalue weighted by Crippen LogP contribution is -2.65. The van der Waals surface area contributed by atoms with E-state index in [1.165, 1.54) is 0 Å². The van der Waals surface area contributed by atoms with Crippen molar-refractivity contribution in [2.24, 2.45) is 5.41 Å². The van der Waals surface area contributed by atoms with E-state index in [4.69, 9.17) is 11.6 Å². The molecule has 1 saturated heterocycles. The zero-order valence-corrected chi connectivity index (χ0v) is 17.5. The zero-order chi connectivity index (χ0) is 20.5. The number of carbonyl (C=O) groups is 2. The summed E-state index contributed by atoms with van der Waals surface area (Å²) in [6.45, 7) is 5.61. The maximum Gasteiger partial charge on any atom is 0.244 e. The molecule has 28 heavy (non-hydrogen) atoms. The number of hydrogen-bond donors (Lipinski definition) is 0. The number of piperidine rings is 1. The molecule has 0 aliphatic carbocycles. The summed E-state index contributed by atoms with van der Waals surface area (Å²) in [5, 5.41) is 0. The molecule has 1 aliphatic heterocycles. The largest absolute Gasteiger partial charge is 0.336 e. The normalized spacial score (nSPS) is 31.0. The second-order valence-corrected chi connectivity index (χ2v) is 8.81. The maximum atomic E-state index is 13.3. The molecule has 1 heterocycles. The van der Waals surface area contributed by atoms with Gasteiger partial charge in [-0.05, 0) is 37.5 Å². The number of rotatable bonds is 4. The highest BCUT2D eigenvalue weighted by atomic mass is 35.5. The van der Waals surface area contributed by atoms with Crippen molar-refractivity contribution in [3.05, 3.63) is 77.4 Å². The summed E-state index contributed by atoms with van der Waals surface area (Å²) in [5.74, 6) is -0.624. The predicted molar refractivity (Wildman–Crippen MR) is 114 cm³/mol. The van der Waals surface area contributed by atoms with Crippen LogP contribution in [0.5, 0.6) is 0 Å². The van der Waals surface area contributed by atoms with Crippen LogP contribution in [0.3, 0.4) is 0 Å². The topological polar surface area (TPSA) is 37.4 Å². The summed E-state index contributed by atoms with van der Waals surface area (Å²) < 4.78 is 0. The molecule has 1 amide bonds. The lowest BCUT2D eigenvalue weighted by atomic mass is 9.59. The Bertz CT molecular complexity index is 891. The zero-order valence-electron chi connectivity index (χ0n) is 16.7.